The van der Waals surface area contributed by atoms with E-state index in [1.165, 1.54) is 0 Å². The quantitative estimate of drug-likeness (QED) is 0.256. The number of benzene rings is 3. The van der Waals surface area contributed by atoms with E-state index in [-0.39, 0.29) is 11.5 Å². The van der Waals surface area contributed by atoms with E-state index in [4.69, 9.17) is 14.2 Å². The van der Waals surface area contributed by atoms with Gasteiger partial charge in [-0.1, -0.05) is 24.3 Å². The summed E-state index contributed by atoms with van der Waals surface area (Å²) in [5, 5.41) is 0. The van der Waals surface area contributed by atoms with Crippen molar-refractivity contribution in [1.29, 1.82) is 0 Å². The molecule has 0 unspecified atom stereocenters. The van der Waals surface area contributed by atoms with Crippen molar-refractivity contribution in [2.75, 3.05) is 6.61 Å². The summed E-state index contributed by atoms with van der Waals surface area (Å²) in [5.74, 6) is 0.964. The van der Waals surface area contributed by atoms with Crippen LogP contribution < -0.4 is 14.2 Å². The average Bonchev–Trinajstić information content (AvgIpc) is 3.05. The van der Waals surface area contributed by atoms with E-state index in [0.717, 1.165) is 11.3 Å². The van der Waals surface area contributed by atoms with Crippen LogP contribution in [0.5, 0.6) is 17.2 Å². The number of carbonyl (C=O) groups is 2. The Morgan fingerprint density at radius 3 is 2.52 bits per heavy atom. The van der Waals surface area contributed by atoms with E-state index >= 15 is 0 Å². The number of hydrogen-bond acceptors (Lipinski definition) is 5. The zero-order valence-corrected chi connectivity index (χ0v) is 18.6. The molecule has 0 fully saturated rings. The highest BCUT2D eigenvalue weighted by molar-refractivity contribution is 9.10. The van der Waals surface area contributed by atoms with Gasteiger partial charge in [-0.05, 0) is 77.3 Å². The molecule has 4 rings (SSSR count). The fraction of sp³-hybridized carbons (Fsp3) is 0.120. The standard InChI is InChI=1S/C25H19BrO5/c1-3-29-17-10-8-16(9-11-17)13-22-24(27)23-15(2)12-18(14-21(23)31-22)30-25(28)19-6-4-5-7-20(19)26/h4-14H,3H2,1-2H3/b22-13-. The van der Waals surface area contributed by atoms with Crippen molar-refractivity contribution >= 4 is 33.8 Å². The first kappa shape index (κ1) is 20.9. The van der Waals surface area contributed by atoms with E-state index in [2.05, 4.69) is 15.9 Å². The van der Waals surface area contributed by atoms with Crippen molar-refractivity contribution in [1.82, 2.24) is 0 Å². The zero-order valence-electron chi connectivity index (χ0n) is 17.0. The van der Waals surface area contributed by atoms with Crippen LogP contribution >= 0.6 is 15.9 Å². The highest BCUT2D eigenvalue weighted by Gasteiger charge is 2.30. The van der Waals surface area contributed by atoms with Crippen LogP contribution in [0.2, 0.25) is 0 Å². The summed E-state index contributed by atoms with van der Waals surface area (Å²) in [7, 11) is 0. The summed E-state index contributed by atoms with van der Waals surface area (Å²) >= 11 is 3.35. The summed E-state index contributed by atoms with van der Waals surface area (Å²) in [5.41, 5.74) is 2.37. The summed E-state index contributed by atoms with van der Waals surface area (Å²) in [4.78, 5) is 25.4. The Balaban J connectivity index is 1.57. The molecule has 31 heavy (non-hydrogen) atoms. The van der Waals surface area contributed by atoms with Gasteiger partial charge in [0.05, 0.1) is 17.7 Å². The number of esters is 1. The van der Waals surface area contributed by atoms with Crippen molar-refractivity contribution < 1.29 is 23.8 Å². The maximum atomic E-state index is 12.9. The number of rotatable bonds is 5. The monoisotopic (exact) mass is 478 g/mol. The molecule has 0 spiro atoms. The lowest BCUT2D eigenvalue weighted by atomic mass is 10.0. The second-order valence-corrected chi connectivity index (χ2v) is 7.78. The molecule has 6 heteroatoms. The number of Topliss-reactive ketones (excluding diaryl/α,β-unsaturated/α-hetero) is 1. The first-order chi connectivity index (χ1) is 15.0. The Bertz CT molecular complexity index is 1200. The van der Waals surface area contributed by atoms with Crippen molar-refractivity contribution in [3.05, 3.63) is 93.1 Å². The third-order valence-corrected chi connectivity index (χ3v) is 5.43. The fourth-order valence-corrected chi connectivity index (χ4v) is 3.75. The van der Waals surface area contributed by atoms with E-state index in [1.54, 1.807) is 43.3 Å². The minimum Gasteiger partial charge on any atom is -0.494 e. The molecule has 0 N–H and O–H groups in total. The van der Waals surface area contributed by atoms with E-state index in [0.29, 0.717) is 39.3 Å². The van der Waals surface area contributed by atoms with Gasteiger partial charge in [0.25, 0.3) is 0 Å². The van der Waals surface area contributed by atoms with Gasteiger partial charge >= 0.3 is 5.97 Å². The Hall–Kier alpha value is -3.38. The Morgan fingerprint density at radius 2 is 1.81 bits per heavy atom. The van der Waals surface area contributed by atoms with Crippen molar-refractivity contribution in [2.24, 2.45) is 0 Å². The van der Waals surface area contributed by atoms with Crippen LogP contribution in [0.3, 0.4) is 0 Å². The molecule has 0 bridgehead atoms. The molecule has 1 aliphatic heterocycles. The smallest absolute Gasteiger partial charge is 0.344 e. The van der Waals surface area contributed by atoms with Crippen molar-refractivity contribution in [3.8, 4) is 17.2 Å². The van der Waals surface area contributed by atoms with E-state index in [1.807, 2.05) is 37.3 Å². The first-order valence-corrected chi connectivity index (χ1v) is 10.5. The number of ether oxygens (including phenoxy) is 3. The van der Waals surface area contributed by atoms with Crippen LogP contribution in [-0.2, 0) is 0 Å². The SMILES string of the molecule is CCOc1ccc(/C=C2\Oc3cc(OC(=O)c4ccccc4Br)cc(C)c3C2=O)cc1. The molecule has 0 atom stereocenters. The van der Waals surface area contributed by atoms with Crippen LogP contribution in [0.1, 0.15) is 38.8 Å². The largest absolute Gasteiger partial charge is 0.494 e. The van der Waals surface area contributed by atoms with Crippen molar-refractivity contribution in [2.45, 2.75) is 13.8 Å². The van der Waals surface area contributed by atoms with Crippen LogP contribution in [-0.4, -0.2) is 18.4 Å². The lowest BCUT2D eigenvalue weighted by Crippen LogP contribution is -2.09. The summed E-state index contributed by atoms with van der Waals surface area (Å²) in [6, 6.07) is 17.6. The normalized spacial score (nSPS) is 13.6. The third kappa shape index (κ3) is 4.39. The van der Waals surface area contributed by atoms with E-state index in [9.17, 15) is 9.59 Å². The molecule has 0 aromatic heterocycles. The Kier molecular flexibility index (Phi) is 5.91. The first-order valence-electron chi connectivity index (χ1n) is 9.74. The maximum absolute atomic E-state index is 12.9. The van der Waals surface area contributed by atoms with E-state index < -0.39 is 5.97 Å². The maximum Gasteiger partial charge on any atom is 0.344 e. The zero-order chi connectivity index (χ0) is 22.0. The number of aryl methyl sites for hydroxylation is 1. The van der Waals surface area contributed by atoms with Gasteiger partial charge in [0, 0.05) is 10.5 Å². The van der Waals surface area contributed by atoms with Gasteiger partial charge in [0.1, 0.15) is 17.2 Å². The minimum atomic E-state index is -0.499. The second-order valence-electron chi connectivity index (χ2n) is 6.92. The van der Waals surface area contributed by atoms with Gasteiger partial charge in [-0.15, -0.1) is 0 Å². The highest BCUT2D eigenvalue weighted by atomic mass is 79.9. The Labute approximate surface area is 188 Å². The summed E-state index contributed by atoms with van der Waals surface area (Å²) in [6.45, 7) is 4.30. The van der Waals surface area contributed by atoms with Crippen LogP contribution in [0, 0.1) is 6.92 Å². The summed E-state index contributed by atoms with van der Waals surface area (Å²) in [6.07, 6.45) is 1.68. The number of hydrogen-bond donors (Lipinski definition) is 0. The fourth-order valence-electron chi connectivity index (χ4n) is 3.30. The molecule has 0 aliphatic carbocycles. The number of allylic oxidation sites excluding steroid dienone is 1. The molecule has 3 aromatic rings. The van der Waals surface area contributed by atoms with Gasteiger partial charge in [-0.25, -0.2) is 4.79 Å². The molecule has 5 nitrogen and oxygen atoms in total. The molecule has 0 amide bonds. The van der Waals surface area contributed by atoms with Crippen LogP contribution in [0.25, 0.3) is 6.08 Å². The van der Waals surface area contributed by atoms with Gasteiger partial charge in [0.2, 0.25) is 5.78 Å². The lowest BCUT2D eigenvalue weighted by molar-refractivity contribution is 0.0733. The molecule has 0 saturated heterocycles. The van der Waals surface area contributed by atoms with Crippen LogP contribution in [0.15, 0.2) is 70.9 Å². The van der Waals surface area contributed by atoms with Gasteiger partial charge < -0.3 is 14.2 Å². The minimum absolute atomic E-state index is 0.204. The van der Waals surface area contributed by atoms with Gasteiger partial charge in [0.15, 0.2) is 5.76 Å². The van der Waals surface area contributed by atoms with Gasteiger partial charge in [-0.2, -0.15) is 0 Å². The molecule has 156 valence electrons. The summed E-state index contributed by atoms with van der Waals surface area (Å²) < 4.78 is 17.4. The number of fused-ring (bicyclic) bond motifs is 1. The Morgan fingerprint density at radius 1 is 1.06 bits per heavy atom. The number of halogens is 1. The topological polar surface area (TPSA) is 61.8 Å². The van der Waals surface area contributed by atoms with Crippen LogP contribution in [0.4, 0.5) is 0 Å². The molecule has 1 heterocycles. The van der Waals surface area contributed by atoms with Crippen molar-refractivity contribution in [3.63, 3.8) is 0 Å². The molecular formula is C25H19BrO5. The average molecular weight is 479 g/mol. The number of carbonyl (C=O) groups excluding carboxylic acids is 2. The molecular weight excluding hydrogens is 460 g/mol. The predicted octanol–water partition coefficient (Wildman–Crippen LogP) is 5.99. The highest BCUT2D eigenvalue weighted by Crippen LogP contribution is 2.38. The number of ketones is 1. The predicted molar refractivity (Wildman–Crippen MR) is 121 cm³/mol. The lowest BCUT2D eigenvalue weighted by Gasteiger charge is -2.08. The second kappa shape index (κ2) is 8.78. The molecule has 0 saturated carbocycles. The molecule has 0 radical (unpaired) electrons. The third-order valence-electron chi connectivity index (χ3n) is 4.74. The molecule has 3 aromatic carbocycles. The molecule has 1 aliphatic rings. The van der Waals surface area contributed by atoms with Gasteiger partial charge in [-0.3, -0.25) is 4.79 Å².